The van der Waals surface area contributed by atoms with Gasteiger partial charge in [-0.15, -0.1) is 0 Å². The lowest BCUT2D eigenvalue weighted by atomic mass is 10.0. The van der Waals surface area contributed by atoms with Gasteiger partial charge in [0.2, 0.25) is 23.6 Å². The number of piperazine rings is 2. The molecule has 0 aliphatic carbocycles. The first-order chi connectivity index (χ1) is 12.2. The topological polar surface area (TPSA) is 116 Å². The summed E-state index contributed by atoms with van der Waals surface area (Å²) in [7, 11) is 2.78. The molecular formula is C16H26N4O4S2. The molecule has 0 aromatic carbocycles. The minimum absolute atomic E-state index is 0.0324. The molecule has 146 valence electrons. The number of amides is 4. The highest BCUT2D eigenvalue weighted by Gasteiger charge is 2.36. The van der Waals surface area contributed by atoms with Crippen LogP contribution in [0.25, 0.3) is 0 Å². The summed E-state index contributed by atoms with van der Waals surface area (Å²) in [4.78, 5) is 48.1. The van der Waals surface area contributed by atoms with Gasteiger partial charge in [0.05, 0.1) is 0 Å². The van der Waals surface area contributed by atoms with Gasteiger partial charge in [-0.2, -0.15) is 0 Å². The molecule has 4 amide bonds. The van der Waals surface area contributed by atoms with E-state index in [9.17, 15) is 19.2 Å². The molecule has 4 atom stereocenters. The van der Waals surface area contributed by atoms with Crippen LogP contribution in [0.5, 0.6) is 0 Å². The molecule has 0 aromatic rings. The van der Waals surface area contributed by atoms with Crippen molar-refractivity contribution in [2.45, 2.75) is 51.9 Å². The second-order valence-electron chi connectivity index (χ2n) is 7.15. The van der Waals surface area contributed by atoms with E-state index in [1.807, 2.05) is 27.7 Å². The van der Waals surface area contributed by atoms with Gasteiger partial charge >= 0.3 is 0 Å². The summed E-state index contributed by atoms with van der Waals surface area (Å²) in [6, 6.07) is -2.16. The molecule has 10 heteroatoms. The molecule has 2 fully saturated rings. The minimum atomic E-state index is -0.588. The molecule has 2 saturated heterocycles. The average Bonchev–Trinajstić information content (AvgIpc) is 2.56. The van der Waals surface area contributed by atoms with E-state index in [1.54, 1.807) is 0 Å². The highest BCUT2D eigenvalue weighted by molar-refractivity contribution is 8.76. The van der Waals surface area contributed by atoms with Crippen molar-refractivity contribution in [2.75, 3.05) is 11.5 Å². The first-order valence-electron chi connectivity index (χ1n) is 8.66. The Morgan fingerprint density at radius 1 is 0.654 bits per heavy atom. The molecule has 0 aromatic heterocycles. The lowest BCUT2D eigenvalue weighted by Gasteiger charge is -2.32. The van der Waals surface area contributed by atoms with Crippen LogP contribution in [0, 0.1) is 11.8 Å². The fraction of sp³-hybridized carbons (Fsp3) is 0.750. The van der Waals surface area contributed by atoms with Crippen molar-refractivity contribution < 1.29 is 19.2 Å². The number of hydrogen-bond acceptors (Lipinski definition) is 6. The zero-order valence-corrected chi connectivity index (χ0v) is 17.0. The third-order valence-electron chi connectivity index (χ3n) is 4.31. The average molecular weight is 403 g/mol. The first kappa shape index (κ1) is 20.9. The standard InChI is InChI=1S/C16H26N4O4S2/c1-7(2)11-15(23)17-9(13(21)19-11)5-25-26-6-10-14(22)20-12(8(3)4)16(24)18-10/h7-12H,5-6H2,1-4H3,(H,17,23)(H,18,24)(H,19,21)(H,20,22)/t9-,10?,11+,12+/m0/s1. The Bertz CT molecular complexity index is 535. The van der Waals surface area contributed by atoms with Crippen molar-refractivity contribution in [1.82, 2.24) is 21.3 Å². The Morgan fingerprint density at radius 2 is 1.00 bits per heavy atom. The van der Waals surface area contributed by atoms with Crippen LogP contribution in [-0.2, 0) is 19.2 Å². The van der Waals surface area contributed by atoms with E-state index in [0.29, 0.717) is 11.5 Å². The van der Waals surface area contributed by atoms with Crippen molar-refractivity contribution in [3.63, 3.8) is 0 Å². The molecule has 0 bridgehead atoms. The highest BCUT2D eigenvalue weighted by atomic mass is 33.1. The molecule has 0 spiro atoms. The summed E-state index contributed by atoms with van der Waals surface area (Å²) < 4.78 is 0. The third-order valence-corrected chi connectivity index (χ3v) is 6.73. The summed E-state index contributed by atoms with van der Waals surface area (Å²) in [5.41, 5.74) is 0. The van der Waals surface area contributed by atoms with Crippen molar-refractivity contribution in [2.24, 2.45) is 11.8 Å². The Labute approximate surface area is 161 Å². The monoisotopic (exact) mass is 402 g/mol. The van der Waals surface area contributed by atoms with Crippen molar-refractivity contribution in [3.8, 4) is 0 Å². The zero-order chi connectivity index (χ0) is 19.4. The Morgan fingerprint density at radius 3 is 1.31 bits per heavy atom. The maximum absolute atomic E-state index is 12.1. The smallest absolute Gasteiger partial charge is 0.244 e. The zero-order valence-electron chi connectivity index (χ0n) is 15.3. The van der Waals surface area contributed by atoms with Gasteiger partial charge in [0.15, 0.2) is 0 Å². The van der Waals surface area contributed by atoms with Crippen LogP contribution in [-0.4, -0.2) is 59.3 Å². The van der Waals surface area contributed by atoms with E-state index in [1.165, 1.54) is 21.6 Å². The number of carbonyl (C=O) groups is 4. The Balaban J connectivity index is 1.74. The molecule has 8 nitrogen and oxygen atoms in total. The van der Waals surface area contributed by atoms with Crippen LogP contribution >= 0.6 is 21.6 Å². The summed E-state index contributed by atoms with van der Waals surface area (Å²) in [6.07, 6.45) is 0. The van der Waals surface area contributed by atoms with Gasteiger partial charge in [-0.25, -0.2) is 0 Å². The third kappa shape index (κ3) is 5.06. The molecule has 2 aliphatic rings. The van der Waals surface area contributed by atoms with Gasteiger partial charge in [-0.3, -0.25) is 19.2 Å². The lowest BCUT2D eigenvalue weighted by Crippen LogP contribution is -2.64. The van der Waals surface area contributed by atoms with Crippen molar-refractivity contribution >= 4 is 45.2 Å². The van der Waals surface area contributed by atoms with E-state index in [-0.39, 0.29) is 35.5 Å². The maximum atomic E-state index is 12.1. The number of rotatable bonds is 7. The molecule has 1 unspecified atom stereocenters. The SMILES string of the molecule is CC(C)[C@H]1NC(=O)C(CSSC[C@@H]2NC(=O)[C@@H](C(C)C)NC2=O)NC1=O. The maximum Gasteiger partial charge on any atom is 0.244 e. The van der Waals surface area contributed by atoms with Crippen molar-refractivity contribution in [1.29, 1.82) is 0 Å². The van der Waals surface area contributed by atoms with Gasteiger partial charge in [0, 0.05) is 11.5 Å². The van der Waals surface area contributed by atoms with Crippen LogP contribution in [0.15, 0.2) is 0 Å². The molecule has 2 aliphatic heterocycles. The second kappa shape index (κ2) is 8.98. The van der Waals surface area contributed by atoms with Crippen LogP contribution in [0.1, 0.15) is 27.7 Å². The predicted octanol–water partition coefficient (Wildman–Crippen LogP) is -0.354. The van der Waals surface area contributed by atoms with Crippen molar-refractivity contribution in [3.05, 3.63) is 0 Å². The summed E-state index contributed by atoms with van der Waals surface area (Å²) in [5, 5.41) is 11.0. The Kier molecular flexibility index (Phi) is 7.22. The highest BCUT2D eigenvalue weighted by Crippen LogP contribution is 2.24. The lowest BCUT2D eigenvalue weighted by molar-refractivity contribution is -0.137. The molecule has 0 radical (unpaired) electrons. The number of carbonyl (C=O) groups excluding carboxylic acids is 4. The molecule has 0 saturated carbocycles. The fourth-order valence-electron chi connectivity index (χ4n) is 2.70. The first-order valence-corrected chi connectivity index (χ1v) is 11.2. The largest absolute Gasteiger partial charge is 0.342 e. The van der Waals surface area contributed by atoms with Crippen LogP contribution in [0.3, 0.4) is 0 Å². The second-order valence-corrected chi connectivity index (χ2v) is 9.70. The van der Waals surface area contributed by atoms with E-state index in [4.69, 9.17) is 0 Å². The predicted molar refractivity (Wildman–Crippen MR) is 102 cm³/mol. The molecular weight excluding hydrogens is 376 g/mol. The van der Waals surface area contributed by atoms with Crippen LogP contribution in [0.4, 0.5) is 0 Å². The summed E-state index contributed by atoms with van der Waals surface area (Å²) >= 11 is 0. The molecule has 2 rings (SSSR count). The minimum Gasteiger partial charge on any atom is -0.342 e. The Hall–Kier alpha value is -1.42. The number of hydrogen-bond donors (Lipinski definition) is 4. The van der Waals surface area contributed by atoms with Gasteiger partial charge in [0.1, 0.15) is 24.2 Å². The molecule has 4 N–H and O–H groups in total. The molecule has 26 heavy (non-hydrogen) atoms. The quantitative estimate of drug-likeness (QED) is 0.342. The van der Waals surface area contributed by atoms with Gasteiger partial charge < -0.3 is 21.3 Å². The van der Waals surface area contributed by atoms with E-state index >= 15 is 0 Å². The number of nitrogens with one attached hydrogen (secondary N) is 4. The van der Waals surface area contributed by atoms with E-state index in [0.717, 1.165) is 0 Å². The van der Waals surface area contributed by atoms with Gasteiger partial charge in [0.25, 0.3) is 0 Å². The van der Waals surface area contributed by atoms with Crippen LogP contribution in [0.2, 0.25) is 0 Å². The van der Waals surface area contributed by atoms with E-state index in [2.05, 4.69) is 21.3 Å². The normalized spacial score (nSPS) is 29.3. The molecule has 2 heterocycles. The fourth-order valence-corrected chi connectivity index (χ4v) is 5.03. The van der Waals surface area contributed by atoms with Crippen LogP contribution < -0.4 is 21.3 Å². The van der Waals surface area contributed by atoms with Gasteiger partial charge in [-0.05, 0) is 11.8 Å². The summed E-state index contributed by atoms with van der Waals surface area (Å²) in [5.74, 6) is 0.117. The van der Waals surface area contributed by atoms with Gasteiger partial charge in [-0.1, -0.05) is 49.3 Å². The van der Waals surface area contributed by atoms with E-state index < -0.39 is 24.2 Å². The summed E-state index contributed by atoms with van der Waals surface area (Å²) in [6.45, 7) is 7.51.